The molecule has 0 bridgehead atoms. The summed E-state index contributed by atoms with van der Waals surface area (Å²) in [5, 5.41) is 50.5. The molecule has 1 saturated heterocycles. The van der Waals surface area contributed by atoms with E-state index in [4.69, 9.17) is 9.47 Å². The summed E-state index contributed by atoms with van der Waals surface area (Å²) < 4.78 is 10.8. The minimum absolute atomic E-state index is 0.0878. The predicted octanol–water partition coefficient (Wildman–Crippen LogP) is 0.326. The fourth-order valence-electron chi connectivity index (χ4n) is 3.01. The van der Waals surface area contributed by atoms with E-state index in [2.05, 4.69) is 0 Å². The van der Waals surface area contributed by atoms with Gasteiger partial charge in [-0.1, -0.05) is 18.2 Å². The summed E-state index contributed by atoms with van der Waals surface area (Å²) in [6.45, 7) is 0.877. The number of hydrogen-bond acceptors (Lipinski definition) is 8. The van der Waals surface area contributed by atoms with Crippen LogP contribution in [0.25, 0.3) is 16.8 Å². The Hall–Kier alpha value is -2.49. The van der Waals surface area contributed by atoms with Crippen LogP contribution < -0.4 is 4.74 Å². The third-order valence-electron chi connectivity index (χ3n) is 4.54. The molecule has 1 aliphatic heterocycles. The molecule has 0 amide bonds. The maximum Gasteiger partial charge on any atom is 0.229 e. The Bertz CT molecular complexity index is 891. The molecule has 2 aromatic rings. The summed E-state index contributed by atoms with van der Waals surface area (Å²) in [4.78, 5) is 11.1. The van der Waals surface area contributed by atoms with Crippen LogP contribution in [0.4, 0.5) is 0 Å². The molecular weight excluding hydrogens is 368 g/mol. The van der Waals surface area contributed by atoms with Gasteiger partial charge < -0.3 is 35.0 Å². The van der Waals surface area contributed by atoms with Gasteiger partial charge in [-0.25, -0.2) is 0 Å². The summed E-state index contributed by atoms with van der Waals surface area (Å²) in [5.74, 6) is -0.0101. The average Bonchev–Trinajstić information content (AvgIpc) is 2.67. The van der Waals surface area contributed by atoms with Gasteiger partial charge in [-0.3, -0.25) is 4.79 Å². The normalized spacial score (nSPS) is 28.0. The van der Waals surface area contributed by atoms with E-state index in [9.17, 15) is 30.3 Å². The summed E-state index contributed by atoms with van der Waals surface area (Å²) in [6, 6.07) is 8.13. The van der Waals surface area contributed by atoms with Crippen LogP contribution in [0.5, 0.6) is 11.5 Å². The first-order valence-corrected chi connectivity index (χ1v) is 8.72. The molecule has 0 aromatic heterocycles. The van der Waals surface area contributed by atoms with Crippen molar-refractivity contribution in [1.82, 2.24) is 0 Å². The second-order valence-electron chi connectivity index (χ2n) is 6.68. The lowest BCUT2D eigenvalue weighted by molar-refractivity contribution is -0.277. The summed E-state index contributed by atoms with van der Waals surface area (Å²) in [7, 11) is 0. The number of allylic oxidation sites excluding steroid dienone is 1. The Morgan fingerprint density at radius 3 is 2.57 bits per heavy atom. The molecule has 3 rings (SSSR count). The lowest BCUT2D eigenvalue weighted by Gasteiger charge is -2.39. The number of aliphatic hydroxyl groups is 4. The largest absolute Gasteiger partial charge is 0.507 e. The highest BCUT2D eigenvalue weighted by molar-refractivity contribution is 5.94. The van der Waals surface area contributed by atoms with E-state index < -0.39 is 37.3 Å². The first-order chi connectivity index (χ1) is 13.3. The van der Waals surface area contributed by atoms with E-state index in [0.717, 1.165) is 5.56 Å². The molecule has 8 heteroatoms. The number of rotatable bonds is 5. The molecule has 2 aromatic carbocycles. The molecule has 1 heterocycles. The minimum Gasteiger partial charge on any atom is -0.507 e. The number of hydrogen-bond donors (Lipinski definition) is 5. The van der Waals surface area contributed by atoms with Crippen molar-refractivity contribution in [2.45, 2.75) is 37.6 Å². The van der Waals surface area contributed by atoms with Crippen molar-refractivity contribution in [3.63, 3.8) is 0 Å². The zero-order valence-electron chi connectivity index (χ0n) is 15.1. The third kappa shape index (κ3) is 4.16. The average molecular weight is 390 g/mol. The minimum atomic E-state index is -1.56. The fraction of sp³-hybridized carbons (Fsp3) is 0.350. The van der Waals surface area contributed by atoms with Gasteiger partial charge in [0.05, 0.1) is 6.61 Å². The topological polar surface area (TPSA) is 137 Å². The van der Waals surface area contributed by atoms with Crippen molar-refractivity contribution in [2.75, 3.05) is 6.61 Å². The number of carbonyl (C=O) groups is 1. The maximum absolute atomic E-state index is 11.1. The summed E-state index contributed by atoms with van der Waals surface area (Å²) in [6.07, 6.45) is -3.95. The Labute approximate surface area is 160 Å². The molecule has 150 valence electrons. The van der Waals surface area contributed by atoms with Gasteiger partial charge in [0.15, 0.2) is 5.78 Å². The highest BCUT2D eigenvalue weighted by atomic mass is 16.7. The summed E-state index contributed by atoms with van der Waals surface area (Å²) in [5.41, 5.74) is 0.737. The number of fused-ring (bicyclic) bond motifs is 1. The standard InChI is InChI=1S/C20H22O8/c1-10(22)2-3-11-4-5-12-7-13(8-15(23)14(12)6-11)27-20-19(26)18(25)17(24)16(9-21)28-20/h2-8,16-21,23-26H,9H2,1H3/b3-2+/t16-,17-,18-,19+,20-/m1/s1. The van der Waals surface area contributed by atoms with Crippen LogP contribution >= 0.6 is 0 Å². The van der Waals surface area contributed by atoms with Crippen LogP contribution in [0.15, 0.2) is 36.4 Å². The SMILES string of the molecule is CC(=O)/C=C/c1ccc2cc(O[C@@H]3O[C@H](CO)[C@@H](O)[C@@H](O)[C@@H]3O)cc(O)c2c1. The van der Waals surface area contributed by atoms with E-state index in [1.54, 1.807) is 30.3 Å². The first-order valence-electron chi connectivity index (χ1n) is 8.72. The smallest absolute Gasteiger partial charge is 0.229 e. The molecule has 0 unspecified atom stereocenters. The number of benzene rings is 2. The molecular formula is C20H22O8. The molecule has 28 heavy (non-hydrogen) atoms. The van der Waals surface area contributed by atoms with Crippen molar-refractivity contribution in [3.8, 4) is 11.5 Å². The molecule has 0 saturated carbocycles. The van der Waals surface area contributed by atoms with Crippen molar-refractivity contribution >= 4 is 22.6 Å². The Kier molecular flexibility index (Phi) is 5.97. The van der Waals surface area contributed by atoms with Gasteiger partial charge in [0.2, 0.25) is 6.29 Å². The monoisotopic (exact) mass is 390 g/mol. The summed E-state index contributed by atoms with van der Waals surface area (Å²) >= 11 is 0. The van der Waals surface area contributed by atoms with Gasteiger partial charge in [0.25, 0.3) is 0 Å². The predicted molar refractivity (Wildman–Crippen MR) is 99.7 cm³/mol. The van der Waals surface area contributed by atoms with Gasteiger partial charge >= 0.3 is 0 Å². The van der Waals surface area contributed by atoms with Crippen molar-refractivity contribution in [3.05, 3.63) is 42.0 Å². The fourth-order valence-corrected chi connectivity index (χ4v) is 3.01. The molecule has 5 N–H and O–H groups in total. The number of carbonyl (C=O) groups excluding carboxylic acids is 1. The highest BCUT2D eigenvalue weighted by Crippen LogP contribution is 2.33. The second-order valence-corrected chi connectivity index (χ2v) is 6.68. The van der Waals surface area contributed by atoms with Crippen LogP contribution in [-0.4, -0.2) is 68.6 Å². The van der Waals surface area contributed by atoms with E-state index in [1.165, 1.54) is 19.1 Å². The van der Waals surface area contributed by atoms with Crippen molar-refractivity contribution < 1.29 is 39.8 Å². The number of aromatic hydroxyl groups is 1. The number of aliphatic hydroxyl groups excluding tert-OH is 4. The number of ether oxygens (including phenoxy) is 2. The van der Waals surface area contributed by atoms with Crippen molar-refractivity contribution in [1.29, 1.82) is 0 Å². The number of ketones is 1. The maximum atomic E-state index is 11.1. The van der Waals surface area contributed by atoms with Crippen molar-refractivity contribution in [2.24, 2.45) is 0 Å². The molecule has 0 aliphatic carbocycles. The first kappa shape index (κ1) is 20.2. The number of phenols is 1. The van der Waals surface area contributed by atoms with Crippen LogP contribution in [0, 0.1) is 0 Å². The van der Waals surface area contributed by atoms with Gasteiger partial charge in [0, 0.05) is 11.5 Å². The van der Waals surface area contributed by atoms with Gasteiger partial charge in [-0.05, 0) is 36.1 Å². The molecule has 0 radical (unpaired) electrons. The second kappa shape index (κ2) is 8.26. The molecule has 1 aliphatic rings. The Balaban J connectivity index is 1.86. The highest BCUT2D eigenvalue weighted by Gasteiger charge is 2.44. The number of phenolic OH excluding ortho intramolecular Hbond substituents is 1. The zero-order chi connectivity index (χ0) is 20.4. The molecule has 5 atom stereocenters. The zero-order valence-corrected chi connectivity index (χ0v) is 15.1. The third-order valence-corrected chi connectivity index (χ3v) is 4.54. The van der Waals surface area contributed by atoms with Crippen LogP contribution in [0.1, 0.15) is 12.5 Å². The van der Waals surface area contributed by atoms with Gasteiger partial charge in [0.1, 0.15) is 35.9 Å². The van der Waals surface area contributed by atoms with Crippen LogP contribution in [0.2, 0.25) is 0 Å². The van der Waals surface area contributed by atoms with E-state index in [-0.39, 0.29) is 17.3 Å². The quantitative estimate of drug-likeness (QED) is 0.461. The van der Waals surface area contributed by atoms with E-state index >= 15 is 0 Å². The lowest BCUT2D eigenvalue weighted by Crippen LogP contribution is -2.60. The van der Waals surface area contributed by atoms with Gasteiger partial charge in [-0.2, -0.15) is 0 Å². The molecule has 0 spiro atoms. The Morgan fingerprint density at radius 2 is 1.89 bits per heavy atom. The van der Waals surface area contributed by atoms with Gasteiger partial charge in [-0.15, -0.1) is 0 Å². The van der Waals surface area contributed by atoms with Crippen LogP contribution in [0.3, 0.4) is 0 Å². The molecule has 8 nitrogen and oxygen atoms in total. The molecule has 1 fully saturated rings. The Morgan fingerprint density at radius 1 is 1.14 bits per heavy atom. The van der Waals surface area contributed by atoms with Crippen LogP contribution in [-0.2, 0) is 9.53 Å². The van der Waals surface area contributed by atoms with E-state index in [0.29, 0.717) is 10.8 Å². The van der Waals surface area contributed by atoms with E-state index in [1.807, 2.05) is 0 Å². The lowest BCUT2D eigenvalue weighted by atomic mass is 9.99.